The molecule has 0 unspecified atom stereocenters. The van der Waals surface area contributed by atoms with E-state index in [4.69, 9.17) is 9.73 Å². The summed E-state index contributed by atoms with van der Waals surface area (Å²) in [4.78, 5) is 6.00. The third kappa shape index (κ3) is 4.49. The topological polar surface area (TPSA) is 26.5 Å². The zero-order chi connectivity index (χ0) is 20.1. The molecule has 146 valence electrons. The average molecular weight is 401 g/mol. The summed E-state index contributed by atoms with van der Waals surface area (Å²) < 4.78 is 7.64. The highest BCUT2D eigenvalue weighted by atomic mass is 32.1. The smallest absolute Gasteiger partial charge is 0.190 e. The third-order valence-electron chi connectivity index (χ3n) is 4.98. The molecular weight excluding hydrogens is 376 g/mol. The van der Waals surface area contributed by atoms with E-state index >= 15 is 0 Å². The van der Waals surface area contributed by atoms with Gasteiger partial charge in [0.2, 0.25) is 0 Å². The Morgan fingerprint density at radius 1 is 0.897 bits per heavy atom. The van der Waals surface area contributed by atoms with Crippen LogP contribution in [0.15, 0.2) is 89.2 Å². The van der Waals surface area contributed by atoms with E-state index in [0.29, 0.717) is 0 Å². The second-order valence-corrected chi connectivity index (χ2v) is 7.75. The Balaban J connectivity index is 1.76. The molecule has 0 N–H and O–H groups in total. The lowest BCUT2D eigenvalue weighted by Crippen LogP contribution is -2.17. The number of ether oxygens (including phenoxy) is 1. The molecule has 0 aliphatic carbocycles. The monoisotopic (exact) mass is 400 g/mol. The van der Waals surface area contributed by atoms with E-state index in [1.807, 2.05) is 18.2 Å². The second kappa shape index (κ2) is 8.93. The van der Waals surface area contributed by atoms with Gasteiger partial charge in [-0.25, -0.2) is 4.99 Å². The van der Waals surface area contributed by atoms with Gasteiger partial charge in [-0.05, 0) is 60.4 Å². The normalized spacial score (nSPS) is 11.6. The van der Waals surface area contributed by atoms with Crippen LogP contribution >= 0.6 is 11.3 Å². The molecule has 4 heteroatoms. The lowest BCUT2D eigenvalue weighted by atomic mass is 10.1. The standard InChI is InChI=1S/C25H24N2OS/c1-19-8-6-7-11-23(19)26-25-27(17-16-20-9-4-3-5-10-20)24(18-29-25)21-12-14-22(28-2)15-13-21/h3-15,18H,16-17H2,1-2H3. The van der Waals surface area contributed by atoms with Crippen LogP contribution in [-0.2, 0) is 13.0 Å². The summed E-state index contributed by atoms with van der Waals surface area (Å²) in [5, 5.41) is 2.20. The molecule has 0 fully saturated rings. The summed E-state index contributed by atoms with van der Waals surface area (Å²) in [5.41, 5.74) is 5.88. The van der Waals surface area contributed by atoms with Gasteiger partial charge in [0.25, 0.3) is 0 Å². The van der Waals surface area contributed by atoms with Crippen molar-refractivity contribution in [3.63, 3.8) is 0 Å². The summed E-state index contributed by atoms with van der Waals surface area (Å²) in [7, 11) is 1.69. The lowest BCUT2D eigenvalue weighted by Gasteiger charge is -2.10. The minimum Gasteiger partial charge on any atom is -0.497 e. The van der Waals surface area contributed by atoms with E-state index in [9.17, 15) is 0 Å². The van der Waals surface area contributed by atoms with Crippen molar-refractivity contribution < 1.29 is 4.74 Å². The van der Waals surface area contributed by atoms with Crippen LogP contribution < -0.4 is 9.54 Å². The lowest BCUT2D eigenvalue weighted by molar-refractivity contribution is 0.415. The number of methoxy groups -OCH3 is 1. The molecule has 0 aliphatic rings. The molecule has 0 aliphatic heterocycles. The number of hydrogen-bond acceptors (Lipinski definition) is 3. The van der Waals surface area contributed by atoms with Gasteiger partial charge in [-0.2, -0.15) is 0 Å². The fraction of sp³-hybridized carbons (Fsp3) is 0.160. The van der Waals surface area contributed by atoms with Crippen molar-refractivity contribution in [3.05, 3.63) is 100 Å². The fourth-order valence-corrected chi connectivity index (χ4v) is 4.25. The maximum atomic E-state index is 5.32. The number of para-hydroxylation sites is 1. The van der Waals surface area contributed by atoms with Crippen LogP contribution in [0.4, 0.5) is 5.69 Å². The van der Waals surface area contributed by atoms with Gasteiger partial charge in [-0.3, -0.25) is 0 Å². The van der Waals surface area contributed by atoms with Gasteiger partial charge in [-0.15, -0.1) is 11.3 Å². The molecule has 0 bridgehead atoms. The summed E-state index contributed by atoms with van der Waals surface area (Å²) in [6.07, 6.45) is 0.960. The van der Waals surface area contributed by atoms with Crippen molar-refractivity contribution >= 4 is 17.0 Å². The fourth-order valence-electron chi connectivity index (χ4n) is 3.30. The van der Waals surface area contributed by atoms with Crippen molar-refractivity contribution in [2.75, 3.05) is 7.11 Å². The second-order valence-electron chi connectivity index (χ2n) is 6.92. The van der Waals surface area contributed by atoms with E-state index < -0.39 is 0 Å². The Morgan fingerprint density at radius 2 is 1.62 bits per heavy atom. The van der Waals surface area contributed by atoms with Crippen molar-refractivity contribution in [2.45, 2.75) is 19.9 Å². The number of aromatic nitrogens is 1. The highest BCUT2D eigenvalue weighted by Crippen LogP contribution is 2.24. The quantitative estimate of drug-likeness (QED) is 0.389. The molecule has 4 aromatic rings. The number of thiazole rings is 1. The van der Waals surface area contributed by atoms with E-state index in [-0.39, 0.29) is 0 Å². The van der Waals surface area contributed by atoms with Gasteiger partial charge < -0.3 is 9.30 Å². The van der Waals surface area contributed by atoms with Crippen LogP contribution in [-0.4, -0.2) is 11.7 Å². The number of hydrogen-bond donors (Lipinski definition) is 0. The average Bonchev–Trinajstić information content (AvgIpc) is 3.17. The van der Waals surface area contributed by atoms with E-state index in [1.54, 1.807) is 18.4 Å². The van der Waals surface area contributed by atoms with Crippen molar-refractivity contribution in [3.8, 4) is 17.0 Å². The molecule has 0 atom stereocenters. The maximum Gasteiger partial charge on any atom is 0.190 e. The number of nitrogens with zero attached hydrogens (tertiary/aromatic N) is 2. The Labute approximate surface area is 175 Å². The van der Waals surface area contributed by atoms with E-state index in [1.165, 1.54) is 22.4 Å². The first-order chi connectivity index (χ1) is 14.2. The minimum absolute atomic E-state index is 0.865. The largest absolute Gasteiger partial charge is 0.497 e. The van der Waals surface area contributed by atoms with Crippen LogP contribution in [0.3, 0.4) is 0 Å². The highest BCUT2D eigenvalue weighted by molar-refractivity contribution is 7.07. The van der Waals surface area contributed by atoms with Crippen LogP contribution in [0.25, 0.3) is 11.3 Å². The minimum atomic E-state index is 0.865. The van der Waals surface area contributed by atoms with Crippen LogP contribution in [0, 0.1) is 6.92 Å². The zero-order valence-electron chi connectivity index (χ0n) is 16.7. The predicted octanol–water partition coefficient (Wildman–Crippen LogP) is 6.01. The Kier molecular flexibility index (Phi) is 5.92. The number of rotatable bonds is 6. The molecule has 3 aromatic carbocycles. The van der Waals surface area contributed by atoms with Gasteiger partial charge in [0.1, 0.15) is 5.75 Å². The van der Waals surface area contributed by atoms with Crippen molar-refractivity contribution in [2.24, 2.45) is 4.99 Å². The molecule has 0 saturated carbocycles. The van der Waals surface area contributed by atoms with E-state index in [0.717, 1.165) is 29.2 Å². The Bertz CT molecular complexity index is 1140. The van der Waals surface area contributed by atoms with Crippen LogP contribution in [0.5, 0.6) is 5.75 Å². The van der Waals surface area contributed by atoms with Gasteiger partial charge in [0, 0.05) is 11.9 Å². The van der Waals surface area contributed by atoms with Crippen molar-refractivity contribution in [1.29, 1.82) is 0 Å². The molecule has 1 heterocycles. The molecule has 0 radical (unpaired) electrons. The van der Waals surface area contributed by atoms with Gasteiger partial charge in [0.05, 0.1) is 18.5 Å². The first-order valence-electron chi connectivity index (χ1n) is 9.71. The highest BCUT2D eigenvalue weighted by Gasteiger charge is 2.09. The Morgan fingerprint density at radius 3 is 2.34 bits per heavy atom. The molecule has 1 aromatic heterocycles. The molecule has 0 saturated heterocycles. The maximum absolute atomic E-state index is 5.32. The van der Waals surface area contributed by atoms with E-state index in [2.05, 4.69) is 77.5 Å². The zero-order valence-corrected chi connectivity index (χ0v) is 17.5. The molecule has 29 heavy (non-hydrogen) atoms. The SMILES string of the molecule is COc1ccc(-c2csc(=Nc3ccccc3C)n2CCc2ccccc2)cc1. The molecule has 3 nitrogen and oxygen atoms in total. The number of aryl methyl sites for hydroxylation is 2. The molecular formula is C25H24N2OS. The van der Waals surface area contributed by atoms with Gasteiger partial charge in [0.15, 0.2) is 4.80 Å². The number of benzene rings is 3. The predicted molar refractivity (Wildman–Crippen MR) is 121 cm³/mol. The summed E-state index contributed by atoms with van der Waals surface area (Å²) in [5.74, 6) is 0.865. The van der Waals surface area contributed by atoms with Crippen LogP contribution in [0.2, 0.25) is 0 Å². The van der Waals surface area contributed by atoms with Gasteiger partial charge in [-0.1, -0.05) is 48.5 Å². The first kappa shape index (κ1) is 19.2. The molecule has 0 spiro atoms. The first-order valence-corrected chi connectivity index (χ1v) is 10.6. The van der Waals surface area contributed by atoms with Gasteiger partial charge >= 0.3 is 0 Å². The Hall–Kier alpha value is -3.11. The third-order valence-corrected chi connectivity index (χ3v) is 5.85. The summed E-state index contributed by atoms with van der Waals surface area (Å²) >= 11 is 1.68. The summed E-state index contributed by atoms with van der Waals surface area (Å²) in [6.45, 7) is 2.98. The molecule has 0 amide bonds. The summed E-state index contributed by atoms with van der Waals surface area (Å²) in [6, 6.07) is 27.1. The van der Waals surface area contributed by atoms with Crippen LogP contribution in [0.1, 0.15) is 11.1 Å². The molecule has 4 rings (SSSR count). The van der Waals surface area contributed by atoms with Crippen molar-refractivity contribution in [1.82, 2.24) is 4.57 Å².